The van der Waals surface area contributed by atoms with E-state index < -0.39 is 5.97 Å². The van der Waals surface area contributed by atoms with Gasteiger partial charge in [-0.3, -0.25) is 9.59 Å². The largest absolute Gasteiger partial charge is 0.488 e. The molecule has 0 aromatic carbocycles. The molecule has 11 heteroatoms. The van der Waals surface area contributed by atoms with Crippen LogP contribution in [0.2, 0.25) is 0 Å². The number of fused-ring (bicyclic) bond motifs is 1. The van der Waals surface area contributed by atoms with Gasteiger partial charge in [0.2, 0.25) is 5.91 Å². The molecule has 0 bridgehead atoms. The van der Waals surface area contributed by atoms with Gasteiger partial charge in [-0.2, -0.15) is 11.3 Å². The molecule has 1 amide bonds. The number of thioether (sulfide) groups is 1. The second-order valence-electron chi connectivity index (χ2n) is 7.18. The molecular formula is C22H22N4O5S2. The van der Waals surface area contributed by atoms with Crippen molar-refractivity contribution in [2.45, 2.75) is 24.7 Å². The predicted octanol–water partition coefficient (Wildman–Crippen LogP) is 2.24. The quantitative estimate of drug-likeness (QED) is 0.285. The zero-order valence-electron chi connectivity index (χ0n) is 17.9. The molecule has 3 aromatic heterocycles. The molecule has 33 heavy (non-hydrogen) atoms. The molecule has 0 saturated heterocycles. The lowest BCUT2D eigenvalue weighted by Crippen LogP contribution is -2.35. The van der Waals surface area contributed by atoms with E-state index in [1.54, 1.807) is 23.4 Å². The number of nitrogens with zero attached hydrogens (tertiary/aromatic N) is 4. The molecule has 0 spiro atoms. The summed E-state index contributed by atoms with van der Waals surface area (Å²) in [6.45, 7) is 1.24. The standard InChI is InChI=1S/C22H22N4O5S2/c1-30-21(29)20-16-3-7-25(19(28)14-33-22-23-5-2-6-24-22)8-9-26(16)18(27)11-17(20)31-12-15-4-10-32-13-15/h2,4-6,10-11,13H,3,7-9,12,14H2,1H3. The summed E-state index contributed by atoms with van der Waals surface area (Å²) in [5.41, 5.74) is 1.42. The fourth-order valence-electron chi connectivity index (χ4n) is 3.55. The highest BCUT2D eigenvalue weighted by molar-refractivity contribution is 7.99. The van der Waals surface area contributed by atoms with Crippen molar-refractivity contribution in [1.82, 2.24) is 19.4 Å². The van der Waals surface area contributed by atoms with E-state index in [0.717, 1.165) is 5.56 Å². The SMILES string of the molecule is COC(=O)c1c(OCc2ccsc2)cc(=O)n2c1CCN(C(=O)CSc1ncccn1)CC2. The Morgan fingerprint density at radius 1 is 1.21 bits per heavy atom. The number of carbonyl (C=O) groups excluding carboxylic acids is 2. The summed E-state index contributed by atoms with van der Waals surface area (Å²) < 4.78 is 12.4. The van der Waals surface area contributed by atoms with Crippen molar-refractivity contribution in [2.24, 2.45) is 0 Å². The Bertz CT molecular complexity index is 1180. The highest BCUT2D eigenvalue weighted by Crippen LogP contribution is 2.25. The van der Waals surface area contributed by atoms with Crippen molar-refractivity contribution in [3.8, 4) is 5.75 Å². The second kappa shape index (κ2) is 10.6. The number of amides is 1. The van der Waals surface area contributed by atoms with E-state index in [4.69, 9.17) is 9.47 Å². The molecule has 9 nitrogen and oxygen atoms in total. The van der Waals surface area contributed by atoms with Crippen LogP contribution >= 0.6 is 23.1 Å². The minimum Gasteiger partial charge on any atom is -0.488 e. The van der Waals surface area contributed by atoms with Crippen LogP contribution in [0.1, 0.15) is 21.6 Å². The van der Waals surface area contributed by atoms with Crippen LogP contribution in [0.3, 0.4) is 0 Å². The summed E-state index contributed by atoms with van der Waals surface area (Å²) >= 11 is 2.80. The average Bonchev–Trinajstić information content (AvgIpc) is 3.26. The molecule has 0 aliphatic carbocycles. The lowest BCUT2D eigenvalue weighted by Gasteiger charge is -2.19. The fraction of sp³-hybridized carbons (Fsp3) is 0.318. The molecule has 3 aromatic rings. The van der Waals surface area contributed by atoms with E-state index in [1.165, 1.54) is 40.8 Å². The van der Waals surface area contributed by atoms with Gasteiger partial charge in [0.15, 0.2) is 5.16 Å². The molecule has 1 aliphatic rings. The van der Waals surface area contributed by atoms with Crippen molar-refractivity contribution in [1.29, 1.82) is 0 Å². The van der Waals surface area contributed by atoms with Gasteiger partial charge in [0.25, 0.3) is 5.56 Å². The maximum Gasteiger partial charge on any atom is 0.343 e. The van der Waals surface area contributed by atoms with Gasteiger partial charge >= 0.3 is 5.97 Å². The topological polar surface area (TPSA) is 104 Å². The molecule has 4 rings (SSSR count). The second-order valence-corrected chi connectivity index (χ2v) is 8.91. The lowest BCUT2D eigenvalue weighted by atomic mass is 10.1. The summed E-state index contributed by atoms with van der Waals surface area (Å²) in [6.07, 6.45) is 3.58. The van der Waals surface area contributed by atoms with Gasteiger partial charge in [-0.15, -0.1) is 0 Å². The summed E-state index contributed by atoms with van der Waals surface area (Å²) in [6, 6.07) is 4.95. The zero-order chi connectivity index (χ0) is 23.2. The number of esters is 1. The number of methoxy groups -OCH3 is 1. The van der Waals surface area contributed by atoms with Gasteiger partial charge in [0.05, 0.1) is 12.9 Å². The van der Waals surface area contributed by atoms with Gasteiger partial charge in [0, 0.05) is 50.2 Å². The van der Waals surface area contributed by atoms with Crippen molar-refractivity contribution >= 4 is 35.0 Å². The van der Waals surface area contributed by atoms with Crippen LogP contribution in [0, 0.1) is 0 Å². The lowest BCUT2D eigenvalue weighted by molar-refractivity contribution is -0.128. The first-order valence-electron chi connectivity index (χ1n) is 10.2. The first kappa shape index (κ1) is 23.0. The average molecular weight is 487 g/mol. The monoisotopic (exact) mass is 486 g/mol. The van der Waals surface area contributed by atoms with Crippen LogP contribution in [-0.2, 0) is 29.1 Å². The number of carbonyl (C=O) groups is 2. The van der Waals surface area contributed by atoms with Crippen molar-refractivity contribution in [3.05, 3.63) is 68.5 Å². The molecule has 0 saturated carbocycles. The van der Waals surface area contributed by atoms with Crippen LogP contribution in [-0.4, -0.2) is 57.3 Å². The van der Waals surface area contributed by atoms with Crippen molar-refractivity contribution in [2.75, 3.05) is 26.0 Å². The third-order valence-electron chi connectivity index (χ3n) is 5.18. The maximum absolute atomic E-state index is 12.9. The number of thiophene rings is 1. The van der Waals surface area contributed by atoms with Crippen molar-refractivity contribution < 1.29 is 19.1 Å². The molecule has 1 aliphatic heterocycles. The molecule has 0 fully saturated rings. The molecule has 0 radical (unpaired) electrons. The van der Waals surface area contributed by atoms with Crippen LogP contribution < -0.4 is 10.3 Å². The van der Waals surface area contributed by atoms with E-state index in [0.29, 0.717) is 30.4 Å². The Hall–Kier alpha value is -3.18. The Kier molecular flexibility index (Phi) is 7.40. The third-order valence-corrected chi connectivity index (χ3v) is 6.77. The molecule has 172 valence electrons. The van der Waals surface area contributed by atoms with E-state index in [1.807, 2.05) is 16.8 Å². The van der Waals surface area contributed by atoms with Crippen LogP contribution in [0.4, 0.5) is 0 Å². The number of rotatable bonds is 7. The molecule has 0 unspecified atom stereocenters. The van der Waals surface area contributed by atoms with E-state index in [9.17, 15) is 14.4 Å². The molecule has 0 atom stereocenters. The van der Waals surface area contributed by atoms with Gasteiger partial charge in [-0.1, -0.05) is 11.8 Å². The number of ether oxygens (including phenoxy) is 2. The Morgan fingerprint density at radius 3 is 2.76 bits per heavy atom. The van der Waals surface area contributed by atoms with E-state index >= 15 is 0 Å². The third kappa shape index (κ3) is 5.42. The molecular weight excluding hydrogens is 464 g/mol. The van der Waals surface area contributed by atoms with E-state index in [-0.39, 0.29) is 41.7 Å². The highest BCUT2D eigenvalue weighted by Gasteiger charge is 2.27. The highest BCUT2D eigenvalue weighted by atomic mass is 32.2. The number of aromatic nitrogens is 3. The summed E-state index contributed by atoms with van der Waals surface area (Å²) in [7, 11) is 1.29. The van der Waals surface area contributed by atoms with E-state index in [2.05, 4.69) is 9.97 Å². The number of pyridine rings is 1. The zero-order valence-corrected chi connectivity index (χ0v) is 19.6. The van der Waals surface area contributed by atoms with Crippen molar-refractivity contribution in [3.63, 3.8) is 0 Å². The normalized spacial score (nSPS) is 13.2. The first-order valence-corrected chi connectivity index (χ1v) is 12.2. The predicted molar refractivity (Wildman–Crippen MR) is 124 cm³/mol. The number of hydrogen-bond donors (Lipinski definition) is 0. The van der Waals surface area contributed by atoms with Crippen LogP contribution in [0.25, 0.3) is 0 Å². The minimum atomic E-state index is -0.573. The van der Waals surface area contributed by atoms with Crippen LogP contribution in [0.15, 0.2) is 51.3 Å². The molecule has 0 N–H and O–H groups in total. The minimum absolute atomic E-state index is 0.0816. The number of hydrogen-bond acceptors (Lipinski definition) is 9. The fourth-order valence-corrected chi connectivity index (χ4v) is 4.91. The smallest absolute Gasteiger partial charge is 0.343 e. The Morgan fingerprint density at radius 2 is 2.03 bits per heavy atom. The Labute approximate surface area is 198 Å². The summed E-state index contributed by atoms with van der Waals surface area (Å²) in [5.74, 6) is -0.271. The van der Waals surface area contributed by atoms with Gasteiger partial charge in [-0.05, 0) is 28.5 Å². The maximum atomic E-state index is 12.9. The first-order chi connectivity index (χ1) is 16.1. The van der Waals surface area contributed by atoms with Gasteiger partial charge in [0.1, 0.15) is 17.9 Å². The molecule has 4 heterocycles. The Balaban J connectivity index is 1.53. The van der Waals surface area contributed by atoms with Gasteiger partial charge < -0.3 is 18.9 Å². The summed E-state index contributed by atoms with van der Waals surface area (Å²) in [4.78, 5) is 48.2. The van der Waals surface area contributed by atoms with Crippen LogP contribution in [0.5, 0.6) is 5.75 Å². The summed E-state index contributed by atoms with van der Waals surface area (Å²) in [5, 5.41) is 4.40. The van der Waals surface area contributed by atoms with Gasteiger partial charge in [-0.25, -0.2) is 14.8 Å².